The third-order valence-corrected chi connectivity index (χ3v) is 6.65. The number of nitriles is 1. The Kier molecular flexibility index (Phi) is 8.50. The normalized spacial score (nSPS) is 22.5. The maximum atomic E-state index is 13.8. The molecule has 1 saturated carbocycles. The third kappa shape index (κ3) is 6.70. The Bertz CT molecular complexity index is 731. The summed E-state index contributed by atoms with van der Waals surface area (Å²) in [6.07, 6.45) is 7.32. The van der Waals surface area contributed by atoms with Crippen molar-refractivity contribution >= 4 is 11.6 Å². The Morgan fingerprint density at radius 1 is 1.20 bits per heavy atom. The van der Waals surface area contributed by atoms with Crippen molar-refractivity contribution in [1.29, 1.82) is 5.26 Å². The summed E-state index contributed by atoms with van der Waals surface area (Å²) >= 11 is 0. The Morgan fingerprint density at radius 3 is 2.60 bits per heavy atom. The molecule has 2 fully saturated rings. The fraction of sp³-hybridized carbons (Fsp3) is 0.667. The van der Waals surface area contributed by atoms with Crippen LogP contribution in [0, 0.1) is 30.0 Å². The summed E-state index contributed by atoms with van der Waals surface area (Å²) in [6, 6.07) is 7.95. The van der Waals surface area contributed by atoms with Gasteiger partial charge < -0.3 is 10.2 Å². The summed E-state index contributed by atoms with van der Waals surface area (Å²) in [4.78, 5) is 16.7. The minimum absolute atomic E-state index is 0.0972. The number of hydrogen-bond acceptors (Lipinski definition) is 4. The van der Waals surface area contributed by atoms with Crippen LogP contribution >= 0.6 is 0 Å². The highest BCUT2D eigenvalue weighted by Crippen LogP contribution is 2.27. The predicted molar refractivity (Wildman–Crippen MR) is 118 cm³/mol. The molecule has 1 aliphatic carbocycles. The van der Waals surface area contributed by atoms with Gasteiger partial charge in [0.25, 0.3) is 0 Å². The SMILES string of the molecule is Cc1ccc(N2CCN(CC[C@H]3CC[C@H](NC(=O)CCCC#N)CC3)CC2)cc1F. The van der Waals surface area contributed by atoms with Crippen LogP contribution in [-0.4, -0.2) is 49.6 Å². The van der Waals surface area contributed by atoms with Crippen molar-refractivity contribution in [3.8, 4) is 6.07 Å². The maximum absolute atomic E-state index is 13.8. The maximum Gasteiger partial charge on any atom is 0.220 e. The summed E-state index contributed by atoms with van der Waals surface area (Å²) in [5.74, 6) is 0.727. The van der Waals surface area contributed by atoms with Gasteiger partial charge in [0, 0.05) is 50.7 Å². The van der Waals surface area contributed by atoms with Gasteiger partial charge in [-0.25, -0.2) is 4.39 Å². The molecule has 0 aromatic heterocycles. The second-order valence-electron chi connectivity index (χ2n) is 8.85. The largest absolute Gasteiger partial charge is 0.369 e. The molecule has 1 heterocycles. The number of carbonyl (C=O) groups is 1. The Morgan fingerprint density at radius 2 is 1.93 bits per heavy atom. The van der Waals surface area contributed by atoms with Crippen LogP contribution in [-0.2, 0) is 4.79 Å². The van der Waals surface area contributed by atoms with Crippen LogP contribution in [0.1, 0.15) is 56.9 Å². The minimum Gasteiger partial charge on any atom is -0.369 e. The fourth-order valence-electron chi connectivity index (χ4n) is 4.60. The van der Waals surface area contributed by atoms with E-state index in [1.54, 1.807) is 13.0 Å². The van der Waals surface area contributed by atoms with Crippen molar-refractivity contribution in [1.82, 2.24) is 10.2 Å². The van der Waals surface area contributed by atoms with E-state index in [0.717, 1.165) is 57.2 Å². The van der Waals surface area contributed by atoms with Crippen LogP contribution in [0.2, 0.25) is 0 Å². The van der Waals surface area contributed by atoms with Gasteiger partial charge in [-0.1, -0.05) is 6.07 Å². The van der Waals surface area contributed by atoms with Gasteiger partial charge in [0.05, 0.1) is 6.07 Å². The van der Waals surface area contributed by atoms with Gasteiger partial charge in [0.2, 0.25) is 5.91 Å². The molecule has 0 unspecified atom stereocenters. The van der Waals surface area contributed by atoms with Crippen molar-refractivity contribution in [2.24, 2.45) is 5.92 Å². The van der Waals surface area contributed by atoms with Gasteiger partial charge in [-0.3, -0.25) is 9.69 Å². The number of rotatable bonds is 8. The lowest BCUT2D eigenvalue weighted by molar-refractivity contribution is -0.122. The van der Waals surface area contributed by atoms with Crippen molar-refractivity contribution in [3.05, 3.63) is 29.6 Å². The van der Waals surface area contributed by atoms with E-state index in [9.17, 15) is 9.18 Å². The minimum atomic E-state index is -0.121. The number of amides is 1. The second kappa shape index (κ2) is 11.3. The van der Waals surface area contributed by atoms with Crippen LogP contribution in [0.15, 0.2) is 18.2 Å². The van der Waals surface area contributed by atoms with Gasteiger partial charge >= 0.3 is 0 Å². The predicted octanol–water partition coefficient (Wildman–Crippen LogP) is 4.02. The molecule has 6 heteroatoms. The fourth-order valence-corrected chi connectivity index (χ4v) is 4.60. The zero-order valence-electron chi connectivity index (χ0n) is 18.2. The summed E-state index contributed by atoms with van der Waals surface area (Å²) in [5, 5.41) is 11.7. The van der Waals surface area contributed by atoms with E-state index in [4.69, 9.17) is 5.26 Å². The lowest BCUT2D eigenvalue weighted by atomic mass is 9.84. The number of hydrogen-bond donors (Lipinski definition) is 1. The third-order valence-electron chi connectivity index (χ3n) is 6.65. The number of aryl methyl sites for hydroxylation is 1. The van der Waals surface area contributed by atoms with E-state index in [2.05, 4.69) is 21.2 Å². The molecule has 1 saturated heterocycles. The molecule has 2 aliphatic rings. The first-order valence-electron chi connectivity index (χ1n) is 11.4. The summed E-state index contributed by atoms with van der Waals surface area (Å²) in [5.41, 5.74) is 1.69. The molecule has 3 rings (SSSR count). The average molecular weight is 415 g/mol. The molecule has 0 atom stereocenters. The highest BCUT2D eigenvalue weighted by molar-refractivity contribution is 5.76. The molecular formula is C24H35FN4O. The molecule has 0 bridgehead atoms. The highest BCUT2D eigenvalue weighted by Gasteiger charge is 2.24. The van der Waals surface area contributed by atoms with E-state index in [1.807, 2.05) is 12.1 Å². The molecule has 1 amide bonds. The molecule has 0 radical (unpaired) electrons. The van der Waals surface area contributed by atoms with Crippen LogP contribution < -0.4 is 10.2 Å². The Hall–Kier alpha value is -2.13. The van der Waals surface area contributed by atoms with Gasteiger partial charge in [0.1, 0.15) is 5.82 Å². The number of halogens is 1. The van der Waals surface area contributed by atoms with Gasteiger partial charge in [-0.05, 0) is 75.6 Å². The molecule has 1 N–H and O–H groups in total. The lowest BCUT2D eigenvalue weighted by Crippen LogP contribution is -2.47. The van der Waals surface area contributed by atoms with Crippen molar-refractivity contribution in [2.75, 3.05) is 37.6 Å². The van der Waals surface area contributed by atoms with E-state index in [1.165, 1.54) is 19.3 Å². The van der Waals surface area contributed by atoms with Crippen LogP contribution in [0.5, 0.6) is 0 Å². The van der Waals surface area contributed by atoms with Crippen LogP contribution in [0.3, 0.4) is 0 Å². The molecule has 1 aromatic rings. The molecule has 1 aromatic carbocycles. The van der Waals surface area contributed by atoms with Crippen LogP contribution in [0.4, 0.5) is 10.1 Å². The zero-order chi connectivity index (χ0) is 21.3. The number of nitrogens with zero attached hydrogens (tertiary/aromatic N) is 3. The first-order valence-corrected chi connectivity index (χ1v) is 11.4. The molecule has 1 aliphatic heterocycles. The number of nitrogens with one attached hydrogen (secondary N) is 1. The molecule has 0 spiro atoms. The summed E-state index contributed by atoms with van der Waals surface area (Å²) < 4.78 is 13.8. The first kappa shape index (κ1) is 22.6. The molecular weight excluding hydrogens is 379 g/mol. The van der Waals surface area contributed by atoms with Crippen molar-refractivity contribution < 1.29 is 9.18 Å². The van der Waals surface area contributed by atoms with E-state index in [0.29, 0.717) is 30.9 Å². The average Bonchev–Trinajstić information content (AvgIpc) is 2.76. The molecule has 5 nitrogen and oxygen atoms in total. The Balaban J connectivity index is 1.30. The zero-order valence-corrected chi connectivity index (χ0v) is 18.2. The van der Waals surface area contributed by atoms with Gasteiger partial charge in [-0.15, -0.1) is 0 Å². The highest BCUT2D eigenvalue weighted by atomic mass is 19.1. The monoisotopic (exact) mass is 414 g/mol. The first-order chi connectivity index (χ1) is 14.5. The number of piperazine rings is 1. The quantitative estimate of drug-likeness (QED) is 0.653. The van der Waals surface area contributed by atoms with E-state index in [-0.39, 0.29) is 11.7 Å². The molecule has 164 valence electrons. The lowest BCUT2D eigenvalue weighted by Gasteiger charge is -2.37. The number of unbranched alkanes of at least 4 members (excludes halogenated alkanes) is 1. The Labute approximate surface area is 180 Å². The summed E-state index contributed by atoms with van der Waals surface area (Å²) in [6.45, 7) is 6.90. The van der Waals surface area contributed by atoms with Crippen molar-refractivity contribution in [3.63, 3.8) is 0 Å². The standard InChI is InChI=1S/C24H35FN4O/c1-19-5-10-22(18-23(19)25)29-16-14-28(15-17-29)13-11-20-6-8-21(9-7-20)27-24(30)4-2-3-12-26/h5,10,18,20-21H,2-4,6-9,11,13-17H2,1H3,(H,27,30)/t20-,21-. The second-order valence-corrected chi connectivity index (χ2v) is 8.85. The van der Waals surface area contributed by atoms with E-state index < -0.39 is 0 Å². The van der Waals surface area contributed by atoms with Gasteiger partial charge in [0.15, 0.2) is 0 Å². The number of anilines is 1. The number of carbonyl (C=O) groups excluding carboxylic acids is 1. The number of benzene rings is 1. The summed E-state index contributed by atoms with van der Waals surface area (Å²) in [7, 11) is 0. The van der Waals surface area contributed by atoms with Crippen LogP contribution in [0.25, 0.3) is 0 Å². The smallest absolute Gasteiger partial charge is 0.220 e. The molecule has 30 heavy (non-hydrogen) atoms. The van der Waals surface area contributed by atoms with Gasteiger partial charge in [-0.2, -0.15) is 5.26 Å². The van der Waals surface area contributed by atoms with E-state index >= 15 is 0 Å². The topological polar surface area (TPSA) is 59.4 Å². The van der Waals surface area contributed by atoms with Crippen molar-refractivity contribution in [2.45, 2.75) is 64.3 Å².